The second-order valence-corrected chi connectivity index (χ2v) is 6.33. The summed E-state index contributed by atoms with van der Waals surface area (Å²) in [6.45, 7) is 13.7. The lowest BCUT2D eigenvalue weighted by molar-refractivity contribution is 0.246. The van der Waals surface area contributed by atoms with Crippen molar-refractivity contribution < 1.29 is 0 Å². The van der Waals surface area contributed by atoms with Crippen LogP contribution in [0.15, 0.2) is 0 Å². The first kappa shape index (κ1) is 16.9. The summed E-state index contributed by atoms with van der Waals surface area (Å²) in [5.74, 6) is 0. The van der Waals surface area contributed by atoms with Crippen LogP contribution in [-0.4, -0.2) is 36.6 Å². The van der Waals surface area contributed by atoms with Gasteiger partial charge in [-0.2, -0.15) is 0 Å². The third kappa shape index (κ3) is 10.8. The molecule has 0 radical (unpaired) electrons. The first-order valence-corrected chi connectivity index (χ1v) is 7.32. The highest BCUT2D eigenvalue weighted by molar-refractivity contribution is 4.69. The molecule has 1 unspecified atom stereocenters. The Morgan fingerprint density at radius 1 is 1.06 bits per heavy atom. The highest BCUT2D eigenvalue weighted by Gasteiger charge is 2.07. The topological polar surface area (TPSA) is 15.3 Å². The van der Waals surface area contributed by atoms with Crippen LogP contribution in [0.25, 0.3) is 0 Å². The molecule has 2 nitrogen and oxygen atoms in total. The number of nitrogens with zero attached hydrogens (tertiary/aromatic N) is 1. The van der Waals surface area contributed by atoms with E-state index in [2.05, 4.69) is 51.9 Å². The minimum absolute atomic E-state index is 0.275. The van der Waals surface area contributed by atoms with Crippen LogP contribution in [0.4, 0.5) is 0 Å². The molecule has 17 heavy (non-hydrogen) atoms. The lowest BCUT2D eigenvalue weighted by Gasteiger charge is -2.23. The maximum atomic E-state index is 3.54. The van der Waals surface area contributed by atoms with Crippen molar-refractivity contribution in [3.8, 4) is 0 Å². The predicted octanol–water partition coefficient (Wildman–Crippen LogP) is 3.67. The number of nitrogens with one attached hydrogen (secondary N) is 1. The Labute approximate surface area is 109 Å². The summed E-state index contributed by atoms with van der Waals surface area (Å²) in [6, 6.07) is 0.734. The lowest BCUT2D eigenvalue weighted by Crippen LogP contribution is -2.36. The summed E-state index contributed by atoms with van der Waals surface area (Å²) >= 11 is 0. The molecule has 0 aromatic carbocycles. The molecule has 0 aliphatic heterocycles. The number of hydrogen-bond donors (Lipinski definition) is 1. The van der Waals surface area contributed by atoms with Crippen molar-refractivity contribution in [3.63, 3.8) is 0 Å². The molecular formula is C15H34N2. The Hall–Kier alpha value is -0.0800. The fourth-order valence-electron chi connectivity index (χ4n) is 1.84. The molecule has 0 aromatic heterocycles. The Balaban J connectivity index is 3.30. The van der Waals surface area contributed by atoms with Crippen molar-refractivity contribution in [2.24, 2.45) is 0 Å². The molecule has 0 bridgehead atoms. The highest BCUT2D eigenvalue weighted by Crippen LogP contribution is 2.06. The molecule has 0 saturated heterocycles. The second-order valence-electron chi connectivity index (χ2n) is 6.33. The van der Waals surface area contributed by atoms with E-state index in [1.165, 1.54) is 38.6 Å². The zero-order valence-electron chi connectivity index (χ0n) is 13.0. The zero-order chi connectivity index (χ0) is 13.3. The number of rotatable bonds is 9. The van der Waals surface area contributed by atoms with Gasteiger partial charge in [0.25, 0.3) is 0 Å². The Morgan fingerprint density at radius 3 is 2.18 bits per heavy atom. The molecular weight excluding hydrogens is 208 g/mol. The minimum Gasteiger partial charge on any atom is -0.312 e. The molecule has 0 spiro atoms. The van der Waals surface area contributed by atoms with E-state index in [0.717, 1.165) is 12.6 Å². The van der Waals surface area contributed by atoms with Crippen LogP contribution in [0.1, 0.15) is 66.7 Å². The van der Waals surface area contributed by atoms with E-state index >= 15 is 0 Å². The largest absolute Gasteiger partial charge is 0.312 e. The molecule has 0 saturated carbocycles. The monoisotopic (exact) mass is 242 g/mol. The Bertz CT molecular complexity index is 172. The molecule has 0 aliphatic rings. The molecule has 1 N–H and O–H groups in total. The van der Waals surface area contributed by atoms with Crippen LogP contribution in [0.3, 0.4) is 0 Å². The van der Waals surface area contributed by atoms with E-state index in [9.17, 15) is 0 Å². The third-order valence-corrected chi connectivity index (χ3v) is 3.44. The van der Waals surface area contributed by atoms with E-state index in [1.807, 2.05) is 0 Å². The molecule has 0 rings (SSSR count). The molecule has 0 heterocycles. The molecule has 1 atom stereocenters. The fourth-order valence-corrected chi connectivity index (χ4v) is 1.84. The van der Waals surface area contributed by atoms with Crippen LogP contribution in [0, 0.1) is 0 Å². The SMILES string of the molecule is CCC(C)N(C)CCCCCCNC(C)(C)C. The van der Waals surface area contributed by atoms with Crippen LogP contribution >= 0.6 is 0 Å². The van der Waals surface area contributed by atoms with E-state index in [4.69, 9.17) is 0 Å². The van der Waals surface area contributed by atoms with E-state index in [1.54, 1.807) is 0 Å². The number of unbranched alkanes of at least 4 members (excludes halogenated alkanes) is 3. The molecule has 0 aromatic rings. The van der Waals surface area contributed by atoms with Gasteiger partial charge in [0.05, 0.1) is 0 Å². The van der Waals surface area contributed by atoms with Gasteiger partial charge in [0, 0.05) is 11.6 Å². The normalized spacial score (nSPS) is 14.3. The Morgan fingerprint density at radius 2 is 1.65 bits per heavy atom. The van der Waals surface area contributed by atoms with E-state index < -0.39 is 0 Å². The molecule has 0 amide bonds. The average molecular weight is 242 g/mol. The molecule has 104 valence electrons. The van der Waals surface area contributed by atoms with Gasteiger partial charge in [0.15, 0.2) is 0 Å². The van der Waals surface area contributed by atoms with Gasteiger partial charge in [0.2, 0.25) is 0 Å². The van der Waals surface area contributed by atoms with E-state index in [-0.39, 0.29) is 5.54 Å². The number of hydrogen-bond acceptors (Lipinski definition) is 2. The van der Waals surface area contributed by atoms with Crippen LogP contribution in [0.2, 0.25) is 0 Å². The van der Waals surface area contributed by atoms with Gasteiger partial charge < -0.3 is 10.2 Å². The van der Waals surface area contributed by atoms with Gasteiger partial charge in [-0.1, -0.05) is 19.8 Å². The smallest absolute Gasteiger partial charge is 0.00965 e. The fraction of sp³-hybridized carbons (Fsp3) is 1.00. The van der Waals surface area contributed by atoms with Gasteiger partial charge in [-0.15, -0.1) is 0 Å². The maximum Gasteiger partial charge on any atom is 0.00965 e. The molecule has 0 aliphatic carbocycles. The van der Waals surface area contributed by atoms with Gasteiger partial charge in [0.1, 0.15) is 0 Å². The van der Waals surface area contributed by atoms with Gasteiger partial charge >= 0.3 is 0 Å². The minimum atomic E-state index is 0.275. The Kier molecular flexibility index (Phi) is 8.89. The second kappa shape index (κ2) is 8.93. The predicted molar refractivity (Wildman–Crippen MR) is 78.6 cm³/mol. The quantitative estimate of drug-likeness (QED) is 0.621. The van der Waals surface area contributed by atoms with Gasteiger partial charge in [-0.05, 0) is 67.1 Å². The van der Waals surface area contributed by atoms with Crippen molar-refractivity contribution in [2.45, 2.75) is 78.3 Å². The lowest BCUT2D eigenvalue weighted by atomic mass is 10.1. The highest BCUT2D eigenvalue weighted by atomic mass is 15.1. The van der Waals surface area contributed by atoms with Crippen molar-refractivity contribution in [1.29, 1.82) is 0 Å². The van der Waals surface area contributed by atoms with Crippen molar-refractivity contribution >= 4 is 0 Å². The van der Waals surface area contributed by atoms with Crippen LogP contribution < -0.4 is 5.32 Å². The van der Waals surface area contributed by atoms with Crippen LogP contribution in [0.5, 0.6) is 0 Å². The summed E-state index contributed by atoms with van der Waals surface area (Å²) in [4.78, 5) is 2.48. The summed E-state index contributed by atoms with van der Waals surface area (Å²) in [5, 5.41) is 3.54. The summed E-state index contributed by atoms with van der Waals surface area (Å²) < 4.78 is 0. The maximum absolute atomic E-state index is 3.54. The zero-order valence-corrected chi connectivity index (χ0v) is 13.0. The van der Waals surface area contributed by atoms with Crippen LogP contribution in [-0.2, 0) is 0 Å². The van der Waals surface area contributed by atoms with Crippen molar-refractivity contribution in [3.05, 3.63) is 0 Å². The molecule has 0 fully saturated rings. The summed E-state index contributed by atoms with van der Waals surface area (Å²) in [7, 11) is 2.25. The van der Waals surface area contributed by atoms with Gasteiger partial charge in [-0.3, -0.25) is 0 Å². The molecule has 2 heteroatoms. The van der Waals surface area contributed by atoms with Gasteiger partial charge in [-0.25, -0.2) is 0 Å². The first-order chi connectivity index (χ1) is 7.87. The summed E-state index contributed by atoms with van der Waals surface area (Å²) in [6.07, 6.45) is 6.64. The summed E-state index contributed by atoms with van der Waals surface area (Å²) in [5.41, 5.74) is 0.275. The first-order valence-electron chi connectivity index (χ1n) is 7.32. The van der Waals surface area contributed by atoms with E-state index in [0.29, 0.717) is 0 Å². The standard InChI is InChI=1S/C15H34N2/c1-7-14(2)17(6)13-11-9-8-10-12-16-15(3,4)5/h14,16H,7-13H2,1-6H3. The average Bonchev–Trinajstić information content (AvgIpc) is 2.24. The van der Waals surface area contributed by atoms with Crippen molar-refractivity contribution in [1.82, 2.24) is 10.2 Å². The third-order valence-electron chi connectivity index (χ3n) is 3.44. The van der Waals surface area contributed by atoms with Crippen molar-refractivity contribution in [2.75, 3.05) is 20.1 Å².